The van der Waals surface area contributed by atoms with Crippen molar-refractivity contribution in [3.8, 4) is 5.75 Å². The third kappa shape index (κ3) is 5.93. The summed E-state index contributed by atoms with van der Waals surface area (Å²) in [6.07, 6.45) is 6.03. The summed E-state index contributed by atoms with van der Waals surface area (Å²) in [6.45, 7) is 5.44. The van der Waals surface area contributed by atoms with Crippen LogP contribution in [-0.4, -0.2) is 67.3 Å². The normalized spacial score (nSPS) is 20.2. The predicted octanol–water partition coefficient (Wildman–Crippen LogP) is 5.15. The Morgan fingerprint density at radius 1 is 1.14 bits per heavy atom. The molecule has 2 heterocycles. The second-order valence-corrected chi connectivity index (χ2v) is 10.8. The fourth-order valence-electron chi connectivity index (χ4n) is 5.28. The molecule has 1 fully saturated rings. The zero-order valence-corrected chi connectivity index (χ0v) is 22.1. The van der Waals surface area contributed by atoms with Crippen LogP contribution in [0.1, 0.15) is 48.5 Å². The molecular weight excluding hydrogens is 454 g/mol. The second kappa shape index (κ2) is 12.1. The molecule has 0 aromatic heterocycles. The minimum atomic E-state index is -0.0435. The van der Waals surface area contributed by atoms with Gasteiger partial charge in [0.15, 0.2) is 0 Å². The van der Waals surface area contributed by atoms with Crippen LogP contribution in [0, 0.1) is 0 Å². The number of thioether (sulfide) groups is 1. The van der Waals surface area contributed by atoms with Crippen molar-refractivity contribution >= 4 is 17.7 Å². The largest absolute Gasteiger partial charge is 0.488 e. The number of carbonyl (C=O) groups excluding carboxylic acids is 1. The Kier molecular flexibility index (Phi) is 8.93. The van der Waals surface area contributed by atoms with Crippen LogP contribution in [0.25, 0.3) is 0 Å². The van der Waals surface area contributed by atoms with Crippen LogP contribution >= 0.6 is 11.8 Å². The van der Waals surface area contributed by atoms with Crippen LogP contribution in [0.4, 0.5) is 0 Å². The van der Waals surface area contributed by atoms with Crippen molar-refractivity contribution in [1.82, 2.24) is 15.1 Å². The van der Waals surface area contributed by atoms with Gasteiger partial charge >= 0.3 is 0 Å². The Labute approximate surface area is 214 Å². The zero-order chi connectivity index (χ0) is 24.7. The van der Waals surface area contributed by atoms with E-state index in [4.69, 9.17) is 4.74 Å². The summed E-state index contributed by atoms with van der Waals surface area (Å²) in [6, 6.07) is 18.5. The number of rotatable bonds is 10. The smallest absolute Gasteiger partial charge is 0.257 e. The molecule has 0 radical (unpaired) electrons. The maximum atomic E-state index is 13.7. The first-order valence-corrected chi connectivity index (χ1v) is 13.8. The Morgan fingerprint density at radius 3 is 2.51 bits per heavy atom. The van der Waals surface area contributed by atoms with Gasteiger partial charge in [-0.05, 0) is 76.0 Å². The molecule has 0 bridgehead atoms. The molecule has 2 aromatic rings. The molecule has 1 amide bonds. The molecule has 1 saturated heterocycles. The van der Waals surface area contributed by atoms with Crippen molar-refractivity contribution in [3.63, 3.8) is 0 Å². The number of ether oxygens (including phenoxy) is 1. The molecule has 2 aliphatic rings. The van der Waals surface area contributed by atoms with Crippen LogP contribution in [0.3, 0.4) is 0 Å². The van der Waals surface area contributed by atoms with E-state index in [-0.39, 0.29) is 17.6 Å². The number of piperidine rings is 1. The highest BCUT2D eigenvalue weighted by atomic mass is 32.2. The van der Waals surface area contributed by atoms with E-state index in [1.54, 1.807) is 0 Å². The molecule has 1 N–H and O–H groups in total. The van der Waals surface area contributed by atoms with E-state index in [1.165, 1.54) is 5.56 Å². The lowest BCUT2D eigenvalue weighted by molar-refractivity contribution is 0.0407. The van der Waals surface area contributed by atoms with Crippen LogP contribution < -0.4 is 10.1 Å². The Morgan fingerprint density at radius 2 is 1.86 bits per heavy atom. The summed E-state index contributed by atoms with van der Waals surface area (Å²) >= 11 is 1.84. The summed E-state index contributed by atoms with van der Waals surface area (Å²) in [5.74, 6) is 0.780. The van der Waals surface area contributed by atoms with Crippen molar-refractivity contribution in [2.75, 3.05) is 40.3 Å². The molecule has 188 valence electrons. The SMILES string of the molecule is CCNCCC(Oc1ccccc1C(=O)N1CCC(c2ccccc2)(N(C)C)CC1)C1CC=CS1. The number of amides is 1. The molecule has 6 heteroatoms. The number of nitrogens with one attached hydrogen (secondary N) is 1. The number of para-hydroxylation sites is 1. The summed E-state index contributed by atoms with van der Waals surface area (Å²) in [7, 11) is 4.30. The summed E-state index contributed by atoms with van der Waals surface area (Å²) in [5.41, 5.74) is 1.96. The van der Waals surface area contributed by atoms with E-state index in [0.717, 1.165) is 51.9 Å². The van der Waals surface area contributed by atoms with Crippen LogP contribution in [0.2, 0.25) is 0 Å². The molecule has 2 atom stereocenters. The van der Waals surface area contributed by atoms with Gasteiger partial charge < -0.3 is 15.0 Å². The standard InChI is InChI=1S/C29H39N3O2S/c1-4-30-19-16-26(27-15-10-22-35-27)34-25-14-9-8-13-24(25)28(33)32-20-17-29(18-21-32,31(2)3)23-11-6-5-7-12-23/h5-14,22,26-27,30H,4,15-21H2,1-3H3. The fourth-order valence-corrected chi connectivity index (χ4v) is 6.30. The van der Waals surface area contributed by atoms with E-state index in [2.05, 4.69) is 73.1 Å². The number of hydrogen-bond donors (Lipinski definition) is 1. The molecule has 0 aliphatic carbocycles. The van der Waals surface area contributed by atoms with E-state index in [9.17, 15) is 4.79 Å². The van der Waals surface area contributed by atoms with Gasteiger partial charge in [-0.2, -0.15) is 0 Å². The first-order chi connectivity index (χ1) is 17.0. The highest BCUT2D eigenvalue weighted by molar-refractivity contribution is 8.03. The topological polar surface area (TPSA) is 44.8 Å². The van der Waals surface area contributed by atoms with Gasteiger partial charge in [-0.15, -0.1) is 11.8 Å². The van der Waals surface area contributed by atoms with Gasteiger partial charge in [0.1, 0.15) is 11.9 Å². The minimum Gasteiger partial charge on any atom is -0.488 e. The third-order valence-corrected chi connectivity index (χ3v) is 8.62. The van der Waals surface area contributed by atoms with Gasteiger partial charge in [0.05, 0.1) is 5.56 Å². The lowest BCUT2D eigenvalue weighted by atomic mass is 9.79. The molecule has 2 aromatic carbocycles. The molecule has 5 nitrogen and oxygen atoms in total. The highest BCUT2D eigenvalue weighted by Gasteiger charge is 2.39. The van der Waals surface area contributed by atoms with Crippen molar-refractivity contribution in [1.29, 1.82) is 0 Å². The van der Waals surface area contributed by atoms with E-state index in [0.29, 0.717) is 16.6 Å². The Bertz CT molecular complexity index is 978. The van der Waals surface area contributed by atoms with Crippen molar-refractivity contribution in [2.24, 2.45) is 0 Å². The predicted molar refractivity (Wildman–Crippen MR) is 146 cm³/mol. The number of likely N-dealkylation sites (tertiary alicyclic amines) is 1. The lowest BCUT2D eigenvalue weighted by Crippen LogP contribution is -2.51. The number of carbonyl (C=O) groups is 1. The number of allylic oxidation sites excluding steroid dienone is 1. The summed E-state index contributed by atoms with van der Waals surface area (Å²) in [4.78, 5) is 18.0. The van der Waals surface area contributed by atoms with E-state index >= 15 is 0 Å². The van der Waals surface area contributed by atoms with Gasteiger partial charge in [0.25, 0.3) is 5.91 Å². The molecule has 2 aliphatic heterocycles. The van der Waals surface area contributed by atoms with Gasteiger partial charge in [-0.25, -0.2) is 0 Å². The molecule has 0 spiro atoms. The number of nitrogens with zero attached hydrogens (tertiary/aromatic N) is 2. The van der Waals surface area contributed by atoms with Gasteiger partial charge in [-0.1, -0.05) is 55.5 Å². The van der Waals surface area contributed by atoms with Gasteiger partial charge in [0.2, 0.25) is 0 Å². The second-order valence-electron chi connectivity index (χ2n) is 9.66. The first kappa shape index (κ1) is 25.8. The molecule has 35 heavy (non-hydrogen) atoms. The van der Waals surface area contributed by atoms with Crippen LogP contribution in [0.15, 0.2) is 66.1 Å². The fraction of sp³-hybridized carbons (Fsp3) is 0.483. The maximum Gasteiger partial charge on any atom is 0.257 e. The average molecular weight is 494 g/mol. The number of hydrogen-bond acceptors (Lipinski definition) is 5. The van der Waals surface area contributed by atoms with Crippen LogP contribution in [-0.2, 0) is 5.54 Å². The summed E-state index contributed by atoms with van der Waals surface area (Å²) in [5, 5.41) is 5.98. The molecule has 0 saturated carbocycles. The molecular formula is C29H39N3O2S. The van der Waals surface area contributed by atoms with Crippen molar-refractivity contribution in [3.05, 3.63) is 77.2 Å². The zero-order valence-electron chi connectivity index (χ0n) is 21.3. The third-order valence-electron chi connectivity index (χ3n) is 7.43. The number of benzene rings is 2. The first-order valence-electron chi connectivity index (χ1n) is 12.8. The Hall–Kier alpha value is -2.28. The maximum absolute atomic E-state index is 13.7. The van der Waals surface area contributed by atoms with Gasteiger partial charge in [0, 0.05) is 23.9 Å². The lowest BCUT2D eigenvalue weighted by Gasteiger charge is -2.46. The molecule has 2 unspecified atom stereocenters. The summed E-state index contributed by atoms with van der Waals surface area (Å²) < 4.78 is 6.58. The molecule has 4 rings (SSSR count). The quantitative estimate of drug-likeness (QED) is 0.464. The van der Waals surface area contributed by atoms with Gasteiger partial charge in [-0.3, -0.25) is 9.69 Å². The minimum absolute atomic E-state index is 0.0435. The van der Waals surface area contributed by atoms with Crippen molar-refractivity contribution in [2.45, 2.75) is 49.5 Å². The van der Waals surface area contributed by atoms with Crippen molar-refractivity contribution < 1.29 is 9.53 Å². The monoisotopic (exact) mass is 493 g/mol. The average Bonchev–Trinajstić information content (AvgIpc) is 3.44. The van der Waals surface area contributed by atoms with Crippen LogP contribution in [0.5, 0.6) is 5.75 Å². The van der Waals surface area contributed by atoms with E-state index < -0.39 is 0 Å². The highest BCUT2D eigenvalue weighted by Crippen LogP contribution is 2.38. The van der Waals surface area contributed by atoms with E-state index in [1.807, 2.05) is 40.9 Å². The Balaban J connectivity index is 1.48.